The Labute approximate surface area is 286 Å². The number of hydrogen-bond acceptors (Lipinski definition) is 6. The Morgan fingerprint density at radius 2 is 0.812 bits per heavy atom. The summed E-state index contributed by atoms with van der Waals surface area (Å²) in [6, 6.07) is 20.8. The minimum atomic E-state index is 0.00564. The van der Waals surface area contributed by atoms with E-state index in [1.165, 1.54) is 77.0 Å². The van der Waals surface area contributed by atoms with Gasteiger partial charge in [-0.1, -0.05) is 127 Å². The molecule has 242 valence electrons. The predicted molar refractivity (Wildman–Crippen MR) is 191 cm³/mol. The van der Waals surface area contributed by atoms with E-state index < -0.39 is 0 Å². The van der Waals surface area contributed by atoms with Crippen LogP contribution >= 0.6 is 0 Å². The zero-order valence-electron chi connectivity index (χ0n) is 28.5. The first-order chi connectivity index (χ1) is 23.6. The van der Waals surface area contributed by atoms with Gasteiger partial charge in [-0.3, -0.25) is 0 Å². The molecule has 6 heteroatoms. The lowest BCUT2D eigenvalue weighted by atomic mass is 9.96. The lowest BCUT2D eigenvalue weighted by molar-refractivity contribution is 0.589. The zero-order chi connectivity index (χ0) is 33.9. The molecular weight excluding hydrogens is 589 g/mol. The number of fused-ring (bicyclic) bond motifs is 6. The standard InChI is InChI=1S/C42H44N6/c1-3-5-7-9-11-13-15-17-29-19-21-33-35(23-29)37(31(25-43)26-44)41-39(33)47-42-38(32(27-45)28-46)36-24-30(20-22-34(36)40(42)48-41)18-16-14-12-10-8-6-4-2/h19-24H,3-18H2,1-2H3. The second kappa shape index (κ2) is 16.7. The molecule has 0 spiro atoms. The van der Waals surface area contributed by atoms with Gasteiger partial charge in [-0.25, -0.2) is 9.97 Å². The van der Waals surface area contributed by atoms with Crippen LogP contribution in [-0.2, 0) is 12.8 Å². The molecule has 0 fully saturated rings. The molecule has 0 amide bonds. The smallest absolute Gasteiger partial charge is 0.139 e. The zero-order valence-corrected chi connectivity index (χ0v) is 28.5. The molecule has 1 aromatic heterocycles. The van der Waals surface area contributed by atoms with Crippen LogP contribution in [-0.4, -0.2) is 9.97 Å². The van der Waals surface area contributed by atoms with Crippen LogP contribution in [0.2, 0.25) is 0 Å². The van der Waals surface area contributed by atoms with Gasteiger partial charge in [0.1, 0.15) is 46.8 Å². The van der Waals surface area contributed by atoms with Crippen LogP contribution in [0.15, 0.2) is 47.5 Å². The molecular formula is C42H44N6. The summed E-state index contributed by atoms with van der Waals surface area (Å²) in [5.74, 6) is 0. The fourth-order valence-electron chi connectivity index (χ4n) is 7.09. The highest BCUT2D eigenvalue weighted by Gasteiger charge is 2.36. The monoisotopic (exact) mass is 632 g/mol. The Balaban J connectivity index is 1.48. The first-order valence-corrected chi connectivity index (χ1v) is 17.9. The minimum absolute atomic E-state index is 0.00564. The summed E-state index contributed by atoms with van der Waals surface area (Å²) in [5, 5.41) is 40.1. The molecule has 0 saturated heterocycles. The number of hydrogen-bond donors (Lipinski definition) is 0. The molecule has 48 heavy (non-hydrogen) atoms. The maximum Gasteiger partial charge on any atom is 0.139 e. The van der Waals surface area contributed by atoms with Crippen molar-refractivity contribution in [2.45, 2.75) is 117 Å². The van der Waals surface area contributed by atoms with Gasteiger partial charge in [0.25, 0.3) is 0 Å². The molecule has 0 aliphatic heterocycles. The average Bonchev–Trinajstić information content (AvgIpc) is 3.59. The molecule has 2 aliphatic rings. The van der Waals surface area contributed by atoms with E-state index in [2.05, 4.69) is 62.4 Å². The van der Waals surface area contributed by atoms with Gasteiger partial charge in [-0.15, -0.1) is 0 Å². The van der Waals surface area contributed by atoms with Gasteiger partial charge in [-0.2, -0.15) is 21.0 Å². The highest BCUT2D eigenvalue weighted by molar-refractivity contribution is 6.06. The fraction of sp³-hybridized carbons (Fsp3) is 0.429. The van der Waals surface area contributed by atoms with Gasteiger partial charge in [0.2, 0.25) is 0 Å². The number of benzene rings is 2. The van der Waals surface area contributed by atoms with Crippen molar-refractivity contribution in [1.29, 1.82) is 21.0 Å². The largest absolute Gasteiger partial charge is 0.243 e. The number of rotatable bonds is 16. The summed E-state index contributed by atoms with van der Waals surface area (Å²) < 4.78 is 0. The van der Waals surface area contributed by atoms with E-state index in [0.717, 1.165) is 59.1 Å². The van der Waals surface area contributed by atoms with Gasteiger partial charge in [0.05, 0.1) is 11.4 Å². The molecule has 2 aliphatic carbocycles. The van der Waals surface area contributed by atoms with E-state index in [-0.39, 0.29) is 11.1 Å². The number of nitriles is 4. The van der Waals surface area contributed by atoms with Crippen molar-refractivity contribution < 1.29 is 0 Å². The molecule has 0 bridgehead atoms. The van der Waals surface area contributed by atoms with E-state index in [4.69, 9.17) is 9.97 Å². The highest BCUT2D eigenvalue weighted by atomic mass is 14.9. The number of aromatic nitrogens is 2. The maximum atomic E-state index is 10.0. The number of unbranched alkanes of at least 4 members (excludes halogenated alkanes) is 12. The first-order valence-electron chi connectivity index (χ1n) is 17.9. The molecule has 0 atom stereocenters. The number of nitrogens with zero attached hydrogens (tertiary/aromatic N) is 6. The van der Waals surface area contributed by atoms with Gasteiger partial charge < -0.3 is 0 Å². The van der Waals surface area contributed by atoms with Crippen molar-refractivity contribution in [3.8, 4) is 46.8 Å². The lowest BCUT2D eigenvalue weighted by Gasteiger charge is -2.07. The molecule has 3 aromatic rings. The molecule has 0 N–H and O–H groups in total. The Bertz CT molecular complexity index is 1730. The summed E-state index contributed by atoms with van der Waals surface area (Å²) in [5.41, 5.74) is 8.73. The average molecular weight is 633 g/mol. The highest BCUT2D eigenvalue weighted by Crippen LogP contribution is 2.50. The first kappa shape index (κ1) is 34.3. The van der Waals surface area contributed by atoms with E-state index in [1.807, 2.05) is 12.1 Å². The Hall–Kier alpha value is -5.04. The van der Waals surface area contributed by atoms with Gasteiger partial charge in [-0.05, 0) is 47.9 Å². The van der Waals surface area contributed by atoms with Crippen LogP contribution in [0.3, 0.4) is 0 Å². The van der Waals surface area contributed by atoms with Crippen molar-refractivity contribution in [3.05, 3.63) is 81.2 Å². The van der Waals surface area contributed by atoms with E-state index >= 15 is 0 Å². The molecule has 0 radical (unpaired) electrons. The quantitative estimate of drug-likeness (QED) is 0.0788. The fourth-order valence-corrected chi connectivity index (χ4v) is 7.09. The molecule has 0 saturated carbocycles. The maximum absolute atomic E-state index is 10.0. The van der Waals surface area contributed by atoms with Crippen molar-refractivity contribution in [2.24, 2.45) is 0 Å². The Morgan fingerprint density at radius 3 is 1.17 bits per heavy atom. The number of aryl methyl sites for hydroxylation is 2. The second-order valence-electron chi connectivity index (χ2n) is 13.1. The van der Waals surface area contributed by atoms with Gasteiger partial charge in [0, 0.05) is 22.3 Å². The SMILES string of the molecule is CCCCCCCCCc1ccc2c(c1)C(=C(C#N)C#N)c1nc3c(nc1-2)C(=C(C#N)C#N)c1cc(CCCCCCCCC)ccc1-3. The van der Waals surface area contributed by atoms with E-state index in [9.17, 15) is 21.0 Å². The third-order valence-corrected chi connectivity index (χ3v) is 9.67. The van der Waals surface area contributed by atoms with E-state index in [1.54, 1.807) is 0 Å². The summed E-state index contributed by atoms with van der Waals surface area (Å²) >= 11 is 0. The van der Waals surface area contributed by atoms with Crippen molar-refractivity contribution in [1.82, 2.24) is 9.97 Å². The van der Waals surface area contributed by atoms with Gasteiger partial charge in [0.15, 0.2) is 0 Å². The summed E-state index contributed by atoms with van der Waals surface area (Å²) in [4.78, 5) is 10.2. The molecule has 0 unspecified atom stereocenters. The summed E-state index contributed by atoms with van der Waals surface area (Å²) in [7, 11) is 0. The topological polar surface area (TPSA) is 121 Å². The molecule has 2 aromatic carbocycles. The van der Waals surface area contributed by atoms with Crippen LogP contribution in [0.1, 0.15) is 137 Å². The normalized spacial score (nSPS) is 11.9. The summed E-state index contributed by atoms with van der Waals surface area (Å²) in [6.07, 6.45) is 19.1. The van der Waals surface area contributed by atoms with Crippen LogP contribution in [0.25, 0.3) is 33.7 Å². The summed E-state index contributed by atoms with van der Waals surface area (Å²) in [6.45, 7) is 4.46. The predicted octanol–water partition coefficient (Wildman–Crippen LogP) is 10.7. The Kier molecular flexibility index (Phi) is 11.9. The minimum Gasteiger partial charge on any atom is -0.243 e. The lowest BCUT2D eigenvalue weighted by Crippen LogP contribution is -1.98. The molecule has 5 rings (SSSR count). The Morgan fingerprint density at radius 1 is 0.458 bits per heavy atom. The van der Waals surface area contributed by atoms with Crippen LogP contribution in [0.4, 0.5) is 0 Å². The van der Waals surface area contributed by atoms with Crippen molar-refractivity contribution >= 4 is 11.1 Å². The third-order valence-electron chi connectivity index (χ3n) is 9.67. The van der Waals surface area contributed by atoms with Crippen LogP contribution in [0, 0.1) is 45.3 Å². The van der Waals surface area contributed by atoms with Crippen molar-refractivity contribution in [2.75, 3.05) is 0 Å². The van der Waals surface area contributed by atoms with Crippen molar-refractivity contribution in [3.63, 3.8) is 0 Å². The second-order valence-corrected chi connectivity index (χ2v) is 13.1. The van der Waals surface area contributed by atoms with Crippen LogP contribution < -0.4 is 0 Å². The molecule has 6 nitrogen and oxygen atoms in total. The van der Waals surface area contributed by atoms with Crippen LogP contribution in [0.5, 0.6) is 0 Å². The van der Waals surface area contributed by atoms with Gasteiger partial charge >= 0.3 is 0 Å². The van der Waals surface area contributed by atoms with E-state index in [0.29, 0.717) is 33.9 Å². The number of allylic oxidation sites excluding steroid dienone is 2. The third kappa shape index (κ3) is 7.25. The molecule has 1 heterocycles.